The van der Waals surface area contributed by atoms with Crippen LogP contribution in [0.5, 0.6) is 0 Å². The first-order valence-electron chi connectivity index (χ1n) is 7.92. The van der Waals surface area contributed by atoms with Crippen LogP contribution in [0.2, 0.25) is 0 Å². The van der Waals surface area contributed by atoms with Gasteiger partial charge in [0.05, 0.1) is 10.6 Å². The van der Waals surface area contributed by atoms with Gasteiger partial charge in [-0.1, -0.05) is 36.4 Å². The second-order valence-corrected chi connectivity index (χ2v) is 6.90. The SMILES string of the molecule is CC(c1ccccc1)N1Cc2[nH]nc(NC(=O)c3cccs3)c2C1. The zero-order valence-corrected chi connectivity index (χ0v) is 14.1. The van der Waals surface area contributed by atoms with E-state index in [1.165, 1.54) is 16.9 Å². The highest BCUT2D eigenvalue weighted by molar-refractivity contribution is 7.12. The predicted octanol–water partition coefficient (Wildman–Crippen LogP) is 3.80. The average molecular weight is 338 g/mol. The van der Waals surface area contributed by atoms with Crippen molar-refractivity contribution in [2.45, 2.75) is 26.1 Å². The van der Waals surface area contributed by atoms with Crippen molar-refractivity contribution < 1.29 is 4.79 Å². The monoisotopic (exact) mass is 338 g/mol. The standard InChI is InChI=1S/C18H18N4OS/c1-12(13-6-3-2-4-7-13)22-10-14-15(11-22)20-21-17(14)19-18(23)16-8-5-9-24-16/h2-9,12H,10-11H2,1H3,(H2,19,20,21,23). The lowest BCUT2D eigenvalue weighted by atomic mass is 10.1. The fourth-order valence-corrected chi connectivity index (χ4v) is 3.68. The van der Waals surface area contributed by atoms with E-state index in [0.717, 1.165) is 24.3 Å². The lowest BCUT2D eigenvalue weighted by molar-refractivity contribution is 0.103. The average Bonchev–Trinajstić information content (AvgIpc) is 3.33. The zero-order chi connectivity index (χ0) is 16.5. The molecule has 6 heteroatoms. The first-order chi connectivity index (χ1) is 11.7. The molecule has 0 saturated heterocycles. The van der Waals surface area contributed by atoms with Crippen LogP contribution in [-0.2, 0) is 13.1 Å². The number of rotatable bonds is 4. The fourth-order valence-electron chi connectivity index (χ4n) is 3.06. The minimum atomic E-state index is -0.103. The molecule has 3 aromatic rings. The molecule has 2 N–H and O–H groups in total. The molecule has 3 heterocycles. The fraction of sp³-hybridized carbons (Fsp3) is 0.222. The Bertz CT molecular complexity index is 841. The molecule has 0 spiro atoms. The van der Waals surface area contributed by atoms with Gasteiger partial charge in [-0.2, -0.15) is 5.10 Å². The molecule has 1 aromatic carbocycles. The van der Waals surface area contributed by atoms with Gasteiger partial charge < -0.3 is 5.32 Å². The van der Waals surface area contributed by atoms with Gasteiger partial charge in [0.2, 0.25) is 0 Å². The van der Waals surface area contributed by atoms with Gasteiger partial charge in [-0.15, -0.1) is 11.3 Å². The van der Waals surface area contributed by atoms with Crippen LogP contribution in [0.3, 0.4) is 0 Å². The second kappa shape index (κ2) is 6.22. The molecule has 0 radical (unpaired) electrons. The third kappa shape index (κ3) is 2.74. The summed E-state index contributed by atoms with van der Waals surface area (Å²) in [6.07, 6.45) is 0. The number of nitrogens with zero attached hydrogens (tertiary/aromatic N) is 2. The Balaban J connectivity index is 1.49. The lowest BCUT2D eigenvalue weighted by Crippen LogP contribution is -2.21. The summed E-state index contributed by atoms with van der Waals surface area (Å²) in [5, 5.41) is 12.2. The van der Waals surface area contributed by atoms with E-state index in [1.807, 2.05) is 23.6 Å². The molecule has 1 unspecified atom stereocenters. The number of H-pyrrole nitrogens is 1. The number of amides is 1. The number of carbonyl (C=O) groups is 1. The third-order valence-corrected chi connectivity index (χ3v) is 5.35. The van der Waals surface area contributed by atoms with Crippen LogP contribution >= 0.6 is 11.3 Å². The molecule has 122 valence electrons. The summed E-state index contributed by atoms with van der Waals surface area (Å²) in [7, 11) is 0. The molecule has 1 aliphatic heterocycles. The third-order valence-electron chi connectivity index (χ3n) is 4.48. The Kier molecular flexibility index (Phi) is 3.92. The Labute approximate surface area is 144 Å². The van der Waals surface area contributed by atoms with Gasteiger partial charge in [-0.25, -0.2) is 0 Å². The maximum atomic E-state index is 12.2. The quantitative estimate of drug-likeness (QED) is 0.760. The van der Waals surface area contributed by atoms with Crippen molar-refractivity contribution in [3.8, 4) is 0 Å². The molecule has 0 bridgehead atoms. The molecule has 0 fully saturated rings. The van der Waals surface area contributed by atoms with E-state index >= 15 is 0 Å². The molecule has 0 aliphatic carbocycles. The minimum Gasteiger partial charge on any atom is -0.304 e. The number of fused-ring (bicyclic) bond motifs is 1. The highest BCUT2D eigenvalue weighted by Crippen LogP contribution is 2.33. The van der Waals surface area contributed by atoms with Crippen molar-refractivity contribution in [2.75, 3.05) is 5.32 Å². The van der Waals surface area contributed by atoms with E-state index in [1.54, 1.807) is 0 Å². The van der Waals surface area contributed by atoms with Crippen molar-refractivity contribution in [3.63, 3.8) is 0 Å². The normalized spacial score (nSPS) is 15.2. The first kappa shape index (κ1) is 15.1. The molecule has 4 rings (SSSR count). The summed E-state index contributed by atoms with van der Waals surface area (Å²) in [5.41, 5.74) is 3.46. The van der Waals surface area contributed by atoms with Crippen molar-refractivity contribution >= 4 is 23.1 Å². The molecule has 1 aliphatic rings. The Morgan fingerprint density at radius 2 is 2.08 bits per heavy atom. The summed E-state index contributed by atoms with van der Waals surface area (Å²) >= 11 is 1.43. The largest absolute Gasteiger partial charge is 0.304 e. The minimum absolute atomic E-state index is 0.103. The number of hydrogen-bond donors (Lipinski definition) is 2. The summed E-state index contributed by atoms with van der Waals surface area (Å²) in [6, 6.07) is 14.5. The van der Waals surface area contributed by atoms with Crippen LogP contribution in [0.25, 0.3) is 0 Å². The van der Waals surface area contributed by atoms with Crippen molar-refractivity contribution in [1.29, 1.82) is 0 Å². The lowest BCUT2D eigenvalue weighted by Gasteiger charge is -2.24. The van der Waals surface area contributed by atoms with Crippen LogP contribution < -0.4 is 5.32 Å². The predicted molar refractivity (Wildman–Crippen MR) is 95.0 cm³/mol. The molecule has 1 atom stereocenters. The number of nitrogens with one attached hydrogen (secondary N) is 2. The summed E-state index contributed by atoms with van der Waals surface area (Å²) < 4.78 is 0. The van der Waals surface area contributed by atoms with Crippen LogP contribution in [0.4, 0.5) is 5.82 Å². The zero-order valence-electron chi connectivity index (χ0n) is 13.3. The molecule has 5 nitrogen and oxygen atoms in total. The van der Waals surface area contributed by atoms with E-state index in [9.17, 15) is 4.79 Å². The Morgan fingerprint density at radius 1 is 1.25 bits per heavy atom. The van der Waals surface area contributed by atoms with Gasteiger partial charge in [-0.3, -0.25) is 14.8 Å². The van der Waals surface area contributed by atoms with Gasteiger partial charge in [0.1, 0.15) is 0 Å². The van der Waals surface area contributed by atoms with Crippen LogP contribution in [0.15, 0.2) is 47.8 Å². The van der Waals surface area contributed by atoms with E-state index in [2.05, 4.69) is 51.6 Å². The number of aromatic nitrogens is 2. The van der Waals surface area contributed by atoms with Crippen molar-refractivity contribution in [1.82, 2.24) is 15.1 Å². The van der Waals surface area contributed by atoms with Crippen LogP contribution in [0.1, 0.15) is 39.5 Å². The number of aromatic amines is 1. The maximum absolute atomic E-state index is 12.2. The summed E-state index contributed by atoms with van der Waals surface area (Å²) in [4.78, 5) is 15.3. The van der Waals surface area contributed by atoms with Crippen LogP contribution in [0, 0.1) is 0 Å². The topological polar surface area (TPSA) is 61.0 Å². The molecule has 2 aromatic heterocycles. The van der Waals surface area contributed by atoms with E-state index < -0.39 is 0 Å². The number of benzene rings is 1. The van der Waals surface area contributed by atoms with Gasteiger partial charge >= 0.3 is 0 Å². The van der Waals surface area contributed by atoms with Crippen LogP contribution in [-0.4, -0.2) is 21.0 Å². The van der Waals surface area contributed by atoms with Gasteiger partial charge in [0.15, 0.2) is 5.82 Å². The highest BCUT2D eigenvalue weighted by Gasteiger charge is 2.29. The molecule has 24 heavy (non-hydrogen) atoms. The number of anilines is 1. The van der Waals surface area contributed by atoms with E-state index in [4.69, 9.17) is 0 Å². The van der Waals surface area contributed by atoms with Crippen molar-refractivity contribution in [2.24, 2.45) is 0 Å². The smallest absolute Gasteiger partial charge is 0.266 e. The number of thiophene rings is 1. The van der Waals surface area contributed by atoms with Gasteiger partial charge in [-0.05, 0) is 23.9 Å². The molecular weight excluding hydrogens is 320 g/mol. The highest BCUT2D eigenvalue weighted by atomic mass is 32.1. The van der Waals surface area contributed by atoms with Crippen molar-refractivity contribution in [3.05, 3.63) is 69.5 Å². The Hall–Kier alpha value is -2.44. The van der Waals surface area contributed by atoms with Gasteiger partial charge in [0, 0.05) is 24.7 Å². The molecule has 0 saturated carbocycles. The molecular formula is C18H18N4OS. The summed E-state index contributed by atoms with van der Waals surface area (Å²) in [5.74, 6) is 0.542. The Morgan fingerprint density at radius 3 is 2.83 bits per heavy atom. The first-order valence-corrected chi connectivity index (χ1v) is 8.80. The second-order valence-electron chi connectivity index (χ2n) is 5.95. The van der Waals surface area contributed by atoms with Gasteiger partial charge in [0.25, 0.3) is 5.91 Å². The maximum Gasteiger partial charge on any atom is 0.266 e. The number of carbonyl (C=O) groups excluding carboxylic acids is 1. The summed E-state index contributed by atoms with van der Waals surface area (Å²) in [6.45, 7) is 3.80. The molecule has 1 amide bonds. The van der Waals surface area contributed by atoms with E-state index in [0.29, 0.717) is 16.7 Å². The number of hydrogen-bond acceptors (Lipinski definition) is 4. The van der Waals surface area contributed by atoms with E-state index in [-0.39, 0.29) is 5.91 Å².